The van der Waals surface area contributed by atoms with Crippen molar-refractivity contribution in [2.24, 2.45) is 4.99 Å². The van der Waals surface area contributed by atoms with Crippen molar-refractivity contribution in [3.63, 3.8) is 0 Å². The minimum Gasteiger partial charge on any atom is -0.293 e. The second-order valence-corrected chi connectivity index (χ2v) is 4.55. The van der Waals surface area contributed by atoms with E-state index in [9.17, 15) is 4.79 Å². The van der Waals surface area contributed by atoms with Gasteiger partial charge in [-0.2, -0.15) is 0 Å². The minimum atomic E-state index is -0.250. The first-order chi connectivity index (χ1) is 8.75. The van der Waals surface area contributed by atoms with Crippen molar-refractivity contribution >= 4 is 17.7 Å². The van der Waals surface area contributed by atoms with E-state index < -0.39 is 0 Å². The van der Waals surface area contributed by atoms with Gasteiger partial charge in [0.05, 0.1) is 11.6 Å². The molecule has 0 saturated heterocycles. The summed E-state index contributed by atoms with van der Waals surface area (Å²) in [5.74, 6) is -0.115. The van der Waals surface area contributed by atoms with E-state index in [-0.39, 0.29) is 11.7 Å². The Morgan fingerprint density at radius 3 is 2.61 bits per heavy atom. The number of aryl methyl sites for hydroxylation is 1. The Bertz CT molecular complexity index is 629. The predicted octanol–water partition coefficient (Wildman–Crippen LogP) is 3.68. The molecule has 1 atom stereocenters. The molecule has 0 bridgehead atoms. The van der Waals surface area contributed by atoms with Crippen LogP contribution in [-0.4, -0.2) is 12.0 Å². The first-order valence-electron chi connectivity index (χ1n) is 6.00. The number of carbonyl (C=O) groups is 1. The molecule has 2 aromatic rings. The molecule has 0 radical (unpaired) electrons. The van der Waals surface area contributed by atoms with E-state index in [0.29, 0.717) is 0 Å². The molecule has 2 nitrogen and oxygen atoms in total. The topological polar surface area (TPSA) is 29.4 Å². The Morgan fingerprint density at radius 2 is 1.83 bits per heavy atom. The summed E-state index contributed by atoms with van der Waals surface area (Å²) < 4.78 is 0. The highest BCUT2D eigenvalue weighted by atomic mass is 16.1. The largest absolute Gasteiger partial charge is 0.293 e. The van der Waals surface area contributed by atoms with Crippen LogP contribution in [0.1, 0.15) is 27.4 Å². The molecular formula is C16H13NO. The second kappa shape index (κ2) is 4.22. The molecule has 2 heteroatoms. The zero-order valence-electron chi connectivity index (χ0n) is 10.1. The highest BCUT2D eigenvalue weighted by Crippen LogP contribution is 2.31. The van der Waals surface area contributed by atoms with Crippen molar-refractivity contribution in [1.82, 2.24) is 0 Å². The highest BCUT2D eigenvalue weighted by Gasteiger charge is 2.25. The van der Waals surface area contributed by atoms with E-state index in [1.165, 1.54) is 0 Å². The quantitative estimate of drug-likeness (QED) is 0.741. The SMILES string of the molecule is Cc1ccc2c(c1)C(=O)C(c1ccccc1)C=N2. The van der Waals surface area contributed by atoms with Crippen LogP contribution in [0.2, 0.25) is 0 Å². The van der Waals surface area contributed by atoms with Gasteiger partial charge < -0.3 is 0 Å². The molecule has 0 amide bonds. The van der Waals surface area contributed by atoms with E-state index in [2.05, 4.69) is 4.99 Å². The molecule has 1 aliphatic heterocycles. The zero-order valence-corrected chi connectivity index (χ0v) is 10.1. The van der Waals surface area contributed by atoms with Crippen molar-refractivity contribution in [3.8, 4) is 0 Å². The highest BCUT2D eigenvalue weighted by molar-refractivity contribution is 6.15. The summed E-state index contributed by atoms with van der Waals surface area (Å²) in [5, 5.41) is 0. The van der Waals surface area contributed by atoms with Gasteiger partial charge in [-0.25, -0.2) is 0 Å². The maximum atomic E-state index is 12.5. The second-order valence-electron chi connectivity index (χ2n) is 4.55. The first kappa shape index (κ1) is 10.9. The van der Waals surface area contributed by atoms with Crippen LogP contribution in [-0.2, 0) is 0 Å². The molecule has 1 heterocycles. The predicted molar refractivity (Wildman–Crippen MR) is 72.8 cm³/mol. The molecule has 0 fully saturated rings. The van der Waals surface area contributed by atoms with Crippen LogP contribution < -0.4 is 0 Å². The van der Waals surface area contributed by atoms with Crippen LogP contribution in [0.4, 0.5) is 5.69 Å². The summed E-state index contributed by atoms with van der Waals surface area (Å²) in [7, 11) is 0. The molecule has 0 N–H and O–H groups in total. The van der Waals surface area contributed by atoms with Crippen molar-refractivity contribution < 1.29 is 4.79 Å². The van der Waals surface area contributed by atoms with Crippen LogP contribution in [0, 0.1) is 6.92 Å². The van der Waals surface area contributed by atoms with Gasteiger partial charge in [0.25, 0.3) is 0 Å². The number of hydrogen-bond acceptors (Lipinski definition) is 2. The molecule has 88 valence electrons. The van der Waals surface area contributed by atoms with Crippen LogP contribution in [0.3, 0.4) is 0 Å². The number of benzene rings is 2. The summed E-state index contributed by atoms with van der Waals surface area (Å²) in [5.41, 5.74) is 3.59. The third kappa shape index (κ3) is 1.76. The van der Waals surface area contributed by atoms with Gasteiger partial charge in [-0.05, 0) is 24.6 Å². The Morgan fingerprint density at radius 1 is 1.06 bits per heavy atom. The summed E-state index contributed by atoms with van der Waals surface area (Å²) >= 11 is 0. The van der Waals surface area contributed by atoms with E-state index in [4.69, 9.17) is 0 Å². The molecule has 0 aromatic heterocycles. The number of ketones is 1. The van der Waals surface area contributed by atoms with Crippen LogP contribution in [0.15, 0.2) is 53.5 Å². The molecule has 0 saturated carbocycles. The van der Waals surface area contributed by atoms with E-state index in [0.717, 1.165) is 22.4 Å². The van der Waals surface area contributed by atoms with Gasteiger partial charge in [0.1, 0.15) is 0 Å². The van der Waals surface area contributed by atoms with E-state index in [1.54, 1.807) is 6.21 Å². The van der Waals surface area contributed by atoms with Crippen molar-refractivity contribution in [2.45, 2.75) is 12.8 Å². The number of carbonyl (C=O) groups excluding carboxylic acids is 1. The van der Waals surface area contributed by atoms with Crippen molar-refractivity contribution in [2.75, 3.05) is 0 Å². The van der Waals surface area contributed by atoms with Crippen LogP contribution in [0.5, 0.6) is 0 Å². The third-order valence-corrected chi connectivity index (χ3v) is 3.22. The van der Waals surface area contributed by atoms with Gasteiger partial charge in [-0.3, -0.25) is 9.79 Å². The molecule has 0 spiro atoms. The van der Waals surface area contributed by atoms with Crippen LogP contribution >= 0.6 is 0 Å². The molecule has 18 heavy (non-hydrogen) atoms. The molecule has 3 rings (SSSR count). The standard InChI is InChI=1S/C16H13NO/c1-11-7-8-15-13(9-11)16(18)14(10-17-15)12-5-3-2-4-6-12/h2-10,14H,1H3. The van der Waals surface area contributed by atoms with E-state index >= 15 is 0 Å². The number of Topliss-reactive ketones (excluding diaryl/α,β-unsaturated/α-hetero) is 1. The fraction of sp³-hybridized carbons (Fsp3) is 0.125. The smallest absolute Gasteiger partial charge is 0.177 e. The summed E-state index contributed by atoms with van der Waals surface area (Å²) in [6, 6.07) is 15.6. The maximum absolute atomic E-state index is 12.5. The van der Waals surface area contributed by atoms with Gasteiger partial charge >= 0.3 is 0 Å². The fourth-order valence-corrected chi connectivity index (χ4v) is 2.25. The lowest BCUT2D eigenvalue weighted by atomic mass is 9.88. The first-order valence-corrected chi connectivity index (χ1v) is 6.00. The lowest BCUT2D eigenvalue weighted by Gasteiger charge is -2.18. The third-order valence-electron chi connectivity index (χ3n) is 3.22. The fourth-order valence-electron chi connectivity index (χ4n) is 2.25. The van der Waals surface area contributed by atoms with Gasteiger partial charge in [0.15, 0.2) is 5.78 Å². The average Bonchev–Trinajstić information content (AvgIpc) is 2.41. The molecule has 2 aromatic carbocycles. The number of fused-ring (bicyclic) bond motifs is 1. The normalized spacial score (nSPS) is 17.6. The van der Waals surface area contributed by atoms with Gasteiger partial charge in [-0.1, -0.05) is 42.0 Å². The molecule has 1 aliphatic rings. The molecule has 0 aliphatic carbocycles. The number of aliphatic imine (C=N–C) groups is 1. The Hall–Kier alpha value is -2.22. The summed E-state index contributed by atoms with van der Waals surface area (Å²) in [6.45, 7) is 1.99. The monoisotopic (exact) mass is 235 g/mol. The van der Waals surface area contributed by atoms with Gasteiger partial charge in [0, 0.05) is 11.8 Å². The van der Waals surface area contributed by atoms with Gasteiger partial charge in [0.2, 0.25) is 0 Å². The lowest BCUT2D eigenvalue weighted by Crippen LogP contribution is -2.17. The Labute approximate surface area is 106 Å². The van der Waals surface area contributed by atoms with Gasteiger partial charge in [-0.15, -0.1) is 0 Å². The summed E-state index contributed by atoms with van der Waals surface area (Å²) in [6.07, 6.45) is 1.75. The molecular weight excluding hydrogens is 222 g/mol. The number of rotatable bonds is 1. The number of nitrogens with zero attached hydrogens (tertiary/aromatic N) is 1. The zero-order chi connectivity index (χ0) is 12.5. The molecule has 1 unspecified atom stereocenters. The minimum absolute atomic E-state index is 0.134. The van der Waals surface area contributed by atoms with Crippen molar-refractivity contribution in [3.05, 3.63) is 65.2 Å². The van der Waals surface area contributed by atoms with Crippen molar-refractivity contribution in [1.29, 1.82) is 0 Å². The summed E-state index contributed by atoms with van der Waals surface area (Å²) in [4.78, 5) is 16.9. The Balaban J connectivity index is 2.07. The average molecular weight is 235 g/mol. The number of hydrogen-bond donors (Lipinski definition) is 0. The van der Waals surface area contributed by atoms with Crippen LogP contribution in [0.25, 0.3) is 0 Å². The lowest BCUT2D eigenvalue weighted by molar-refractivity contribution is 0.0983. The maximum Gasteiger partial charge on any atom is 0.177 e. The van der Waals surface area contributed by atoms with E-state index in [1.807, 2.05) is 55.5 Å². The Kier molecular flexibility index (Phi) is 2.56.